The Morgan fingerprint density at radius 3 is 2.48 bits per heavy atom. The Bertz CT molecular complexity index is 640. The fraction of sp³-hybridized carbons (Fsp3) is 0.462. The molecule has 5 nitrogen and oxygen atoms in total. The predicted molar refractivity (Wildman–Crippen MR) is 80.4 cm³/mol. The van der Waals surface area contributed by atoms with E-state index < -0.39 is 15.0 Å². The Balaban J connectivity index is 2.32. The summed E-state index contributed by atoms with van der Waals surface area (Å²) in [5, 5.41) is 0.0792. The molecule has 1 aromatic carbocycles. The number of rotatable bonds is 3. The molecule has 1 saturated heterocycles. The van der Waals surface area contributed by atoms with Crippen LogP contribution >= 0.6 is 22.3 Å². The highest BCUT2D eigenvalue weighted by Gasteiger charge is 2.29. The van der Waals surface area contributed by atoms with Crippen molar-refractivity contribution in [2.45, 2.75) is 23.8 Å². The summed E-state index contributed by atoms with van der Waals surface area (Å²) in [7, 11) is 2.98. The molecule has 0 spiro atoms. The van der Waals surface area contributed by atoms with Gasteiger partial charge in [0, 0.05) is 30.9 Å². The molecule has 0 unspecified atom stereocenters. The van der Waals surface area contributed by atoms with Gasteiger partial charge in [-0.25, -0.2) is 8.42 Å². The fourth-order valence-electron chi connectivity index (χ4n) is 2.37. The molecule has 0 bridgehead atoms. The third-order valence-corrected chi connectivity index (χ3v) is 5.19. The molecule has 1 fully saturated rings. The molecule has 0 radical (unpaired) electrons. The van der Waals surface area contributed by atoms with E-state index in [1.807, 2.05) is 0 Å². The second-order valence-electron chi connectivity index (χ2n) is 4.78. The number of carbonyl (C=O) groups is 1. The topological polar surface area (TPSA) is 63.7 Å². The van der Waals surface area contributed by atoms with Crippen molar-refractivity contribution in [3.05, 3.63) is 28.8 Å². The minimum Gasteiger partial charge on any atom is -0.381 e. The number of nitrogens with zero attached hydrogens (tertiary/aromatic N) is 1. The first-order valence-electron chi connectivity index (χ1n) is 6.40. The van der Waals surface area contributed by atoms with Crippen LogP contribution in [0, 0.1) is 0 Å². The lowest BCUT2D eigenvalue weighted by Gasteiger charge is -2.31. The van der Waals surface area contributed by atoms with Gasteiger partial charge in [-0.2, -0.15) is 0 Å². The van der Waals surface area contributed by atoms with E-state index in [9.17, 15) is 13.2 Å². The number of benzene rings is 1. The molecule has 1 aliphatic heterocycles. The van der Waals surface area contributed by atoms with Gasteiger partial charge < -0.3 is 9.64 Å². The third-order valence-electron chi connectivity index (χ3n) is 3.51. The molecule has 0 aromatic heterocycles. The first kappa shape index (κ1) is 16.5. The van der Waals surface area contributed by atoms with E-state index in [0.717, 1.165) is 0 Å². The van der Waals surface area contributed by atoms with Crippen LogP contribution in [-0.2, 0) is 13.8 Å². The molecule has 1 aromatic rings. The van der Waals surface area contributed by atoms with E-state index in [2.05, 4.69) is 0 Å². The maximum absolute atomic E-state index is 12.6. The Labute approximate surface area is 133 Å². The number of methoxy groups -OCH3 is 1. The van der Waals surface area contributed by atoms with Crippen LogP contribution in [0.2, 0.25) is 5.02 Å². The number of amides is 1. The summed E-state index contributed by atoms with van der Waals surface area (Å²) in [6, 6.07) is 4.21. The zero-order valence-corrected chi connectivity index (χ0v) is 13.7. The van der Waals surface area contributed by atoms with Crippen molar-refractivity contribution >= 4 is 37.2 Å². The van der Waals surface area contributed by atoms with Crippen LogP contribution in [0.4, 0.5) is 0 Å². The molecule has 0 atom stereocenters. The summed E-state index contributed by atoms with van der Waals surface area (Å²) in [6.45, 7) is 0.981. The van der Waals surface area contributed by atoms with Crippen LogP contribution in [0.25, 0.3) is 0 Å². The predicted octanol–water partition coefficient (Wildman–Crippen LogP) is 2.52. The molecule has 0 N–H and O–H groups in total. The lowest BCUT2D eigenvalue weighted by atomic mass is 10.1. The Hall–Kier alpha value is -0.820. The number of likely N-dealkylation sites (tertiary alicyclic amines) is 1. The number of hydrogen-bond acceptors (Lipinski definition) is 4. The Kier molecular flexibility index (Phi) is 5.14. The molecule has 116 valence electrons. The fourth-order valence-corrected chi connectivity index (χ4v) is 3.75. The molecule has 1 aliphatic rings. The third kappa shape index (κ3) is 3.69. The minimum absolute atomic E-state index is 0.0648. The Morgan fingerprint density at radius 1 is 1.33 bits per heavy atom. The molecular formula is C13H15Cl2NO4S. The van der Waals surface area contributed by atoms with Crippen molar-refractivity contribution in [3.63, 3.8) is 0 Å². The first-order valence-corrected chi connectivity index (χ1v) is 9.08. The summed E-state index contributed by atoms with van der Waals surface area (Å²) in [4.78, 5) is 13.9. The van der Waals surface area contributed by atoms with Gasteiger partial charge in [-0.05, 0) is 25.0 Å². The summed E-state index contributed by atoms with van der Waals surface area (Å²) < 4.78 is 28.5. The smallest absolute Gasteiger partial charge is 0.262 e. The van der Waals surface area contributed by atoms with E-state index in [4.69, 9.17) is 27.0 Å². The van der Waals surface area contributed by atoms with Gasteiger partial charge in [0.1, 0.15) is 0 Å². The van der Waals surface area contributed by atoms with E-state index >= 15 is 0 Å². The summed E-state index contributed by atoms with van der Waals surface area (Å²) >= 11 is 6.01. The number of halogens is 2. The molecule has 1 amide bonds. The summed E-state index contributed by atoms with van der Waals surface area (Å²) in [5.41, 5.74) is -0.0648. The second-order valence-corrected chi connectivity index (χ2v) is 7.72. The van der Waals surface area contributed by atoms with Crippen molar-refractivity contribution in [2.24, 2.45) is 0 Å². The van der Waals surface area contributed by atoms with Crippen LogP contribution in [0.3, 0.4) is 0 Å². The van der Waals surface area contributed by atoms with E-state index in [-0.39, 0.29) is 21.6 Å². The first-order chi connectivity index (χ1) is 9.84. The molecule has 2 rings (SSSR count). The van der Waals surface area contributed by atoms with E-state index in [0.29, 0.717) is 25.9 Å². The molecule has 1 heterocycles. The van der Waals surface area contributed by atoms with Gasteiger partial charge >= 0.3 is 0 Å². The van der Waals surface area contributed by atoms with Crippen LogP contribution in [0.5, 0.6) is 0 Å². The number of piperidine rings is 1. The van der Waals surface area contributed by atoms with Gasteiger partial charge in [0.2, 0.25) is 0 Å². The lowest BCUT2D eigenvalue weighted by molar-refractivity contribution is 0.0349. The number of ether oxygens (including phenoxy) is 1. The quantitative estimate of drug-likeness (QED) is 0.785. The average Bonchev–Trinajstić information content (AvgIpc) is 2.45. The lowest BCUT2D eigenvalue weighted by Crippen LogP contribution is -2.41. The summed E-state index contributed by atoms with van der Waals surface area (Å²) in [5.74, 6) is -0.422. The molecule has 21 heavy (non-hydrogen) atoms. The van der Waals surface area contributed by atoms with Crippen LogP contribution in [-0.4, -0.2) is 45.5 Å². The van der Waals surface area contributed by atoms with Gasteiger partial charge in [0.05, 0.1) is 21.6 Å². The largest absolute Gasteiger partial charge is 0.381 e. The van der Waals surface area contributed by atoms with E-state index in [1.54, 1.807) is 12.0 Å². The van der Waals surface area contributed by atoms with Gasteiger partial charge in [0.15, 0.2) is 0 Å². The average molecular weight is 352 g/mol. The minimum atomic E-state index is -4.04. The number of hydrogen-bond donors (Lipinski definition) is 0. The van der Waals surface area contributed by atoms with Crippen LogP contribution < -0.4 is 0 Å². The van der Waals surface area contributed by atoms with Crippen LogP contribution in [0.15, 0.2) is 23.1 Å². The normalized spacial score (nSPS) is 17.0. The number of carbonyl (C=O) groups excluding carboxylic acids is 1. The second kappa shape index (κ2) is 6.52. The maximum atomic E-state index is 12.6. The molecular weight excluding hydrogens is 337 g/mol. The van der Waals surface area contributed by atoms with Gasteiger partial charge in [-0.3, -0.25) is 4.79 Å². The zero-order chi connectivity index (χ0) is 15.6. The van der Waals surface area contributed by atoms with Crippen LogP contribution in [0.1, 0.15) is 23.2 Å². The zero-order valence-electron chi connectivity index (χ0n) is 11.4. The monoisotopic (exact) mass is 351 g/mol. The highest BCUT2D eigenvalue weighted by atomic mass is 35.7. The van der Waals surface area contributed by atoms with Crippen molar-refractivity contribution in [1.82, 2.24) is 4.90 Å². The highest BCUT2D eigenvalue weighted by molar-refractivity contribution is 8.13. The summed E-state index contributed by atoms with van der Waals surface area (Å²) in [6.07, 6.45) is 1.53. The van der Waals surface area contributed by atoms with Crippen molar-refractivity contribution < 1.29 is 17.9 Å². The van der Waals surface area contributed by atoms with Gasteiger partial charge in [0.25, 0.3) is 15.0 Å². The van der Waals surface area contributed by atoms with Gasteiger partial charge in [-0.15, -0.1) is 0 Å². The van der Waals surface area contributed by atoms with Crippen molar-refractivity contribution in [1.29, 1.82) is 0 Å². The molecule has 8 heteroatoms. The highest BCUT2D eigenvalue weighted by Crippen LogP contribution is 2.29. The maximum Gasteiger partial charge on any atom is 0.262 e. The van der Waals surface area contributed by atoms with Crippen molar-refractivity contribution in [3.8, 4) is 0 Å². The SMILES string of the molecule is COC1CCN(C(=O)c2c(Cl)cccc2S(=O)(=O)Cl)CC1. The van der Waals surface area contributed by atoms with Gasteiger partial charge in [-0.1, -0.05) is 17.7 Å². The van der Waals surface area contributed by atoms with Crippen molar-refractivity contribution in [2.75, 3.05) is 20.2 Å². The molecule has 0 aliphatic carbocycles. The Morgan fingerprint density at radius 2 is 1.95 bits per heavy atom. The molecule has 0 saturated carbocycles. The standard InChI is InChI=1S/C13H15Cl2NO4S/c1-20-9-5-7-16(8-6-9)13(17)12-10(14)3-2-4-11(12)21(15,18)19/h2-4,9H,5-8H2,1H3. The van der Waals surface area contributed by atoms with E-state index in [1.165, 1.54) is 18.2 Å².